The molecule has 5 rings (SSSR count). The van der Waals surface area contributed by atoms with Crippen LogP contribution in [0.4, 0.5) is 0 Å². The first-order chi connectivity index (χ1) is 17.7. The van der Waals surface area contributed by atoms with Crippen LogP contribution in [-0.2, 0) is 27.7 Å². The largest absolute Gasteiger partial charge is 0.478 e. The van der Waals surface area contributed by atoms with E-state index in [1.807, 2.05) is 0 Å². The van der Waals surface area contributed by atoms with Crippen LogP contribution < -0.4 is 5.32 Å². The zero-order chi connectivity index (χ0) is 26.3. The molecule has 1 amide bonds. The first-order valence-electron chi connectivity index (χ1n) is 13.7. The maximum Gasteiger partial charge on any atom is 0.336 e. The number of fused-ring (bicyclic) bond motifs is 2. The Morgan fingerprint density at radius 1 is 1.03 bits per heavy atom. The van der Waals surface area contributed by atoms with E-state index in [4.69, 9.17) is 0 Å². The summed E-state index contributed by atoms with van der Waals surface area (Å²) < 4.78 is 28.5. The number of aromatic nitrogens is 1. The van der Waals surface area contributed by atoms with Crippen molar-refractivity contribution in [3.05, 3.63) is 35.0 Å². The Kier molecular flexibility index (Phi) is 7.29. The van der Waals surface area contributed by atoms with E-state index < -0.39 is 16.0 Å². The summed E-state index contributed by atoms with van der Waals surface area (Å²) in [6, 6.07) is 4.81. The number of carboxylic acids is 1. The Labute approximate surface area is 218 Å². The summed E-state index contributed by atoms with van der Waals surface area (Å²) in [5, 5.41) is 13.6. The van der Waals surface area contributed by atoms with Gasteiger partial charge in [0, 0.05) is 36.1 Å². The van der Waals surface area contributed by atoms with Crippen LogP contribution in [0.25, 0.3) is 10.9 Å². The highest BCUT2D eigenvalue weighted by Crippen LogP contribution is 2.33. The molecule has 1 aliphatic heterocycles. The van der Waals surface area contributed by atoms with E-state index in [9.17, 15) is 23.1 Å². The number of pyridine rings is 1. The fraction of sp³-hybridized carbons (Fsp3) is 0.607. The van der Waals surface area contributed by atoms with Crippen molar-refractivity contribution in [2.45, 2.75) is 82.6 Å². The van der Waals surface area contributed by atoms with E-state index in [0.717, 1.165) is 43.4 Å². The molecule has 200 valence electrons. The first-order valence-corrected chi connectivity index (χ1v) is 15.1. The van der Waals surface area contributed by atoms with Gasteiger partial charge in [-0.25, -0.2) is 13.2 Å². The highest BCUT2D eigenvalue weighted by molar-refractivity contribution is 7.89. The van der Waals surface area contributed by atoms with Gasteiger partial charge in [-0.05, 0) is 80.5 Å². The number of aromatic carboxylic acids is 1. The molecule has 0 spiro atoms. The summed E-state index contributed by atoms with van der Waals surface area (Å²) in [4.78, 5) is 29.9. The molecule has 3 aliphatic rings. The number of carboxylic acid groups (broad SMARTS) is 1. The number of aryl methyl sites for hydroxylation is 1. The molecule has 0 radical (unpaired) electrons. The van der Waals surface area contributed by atoms with Crippen LogP contribution in [0.1, 0.15) is 80.4 Å². The number of hydrogen-bond acceptors (Lipinski definition) is 5. The Morgan fingerprint density at radius 3 is 2.49 bits per heavy atom. The molecule has 1 aromatic carbocycles. The maximum absolute atomic E-state index is 13.5. The number of nitrogens with one attached hydrogen (secondary N) is 1. The van der Waals surface area contributed by atoms with E-state index in [0.29, 0.717) is 42.0 Å². The average Bonchev–Trinajstić information content (AvgIpc) is 2.89. The molecule has 2 heterocycles. The van der Waals surface area contributed by atoms with E-state index in [1.165, 1.54) is 22.9 Å². The number of carbonyl (C=O) groups excluding carboxylic acids is 1. The summed E-state index contributed by atoms with van der Waals surface area (Å²) in [6.45, 7) is 4.98. The number of benzene rings is 1. The molecular weight excluding hydrogens is 490 g/mol. The topological polar surface area (TPSA) is 117 Å². The highest BCUT2D eigenvalue weighted by Gasteiger charge is 2.35. The molecule has 1 aromatic heterocycles. The second kappa shape index (κ2) is 10.3. The van der Waals surface area contributed by atoms with Crippen LogP contribution in [-0.4, -0.2) is 53.8 Å². The van der Waals surface area contributed by atoms with E-state index in [-0.39, 0.29) is 41.4 Å². The van der Waals surface area contributed by atoms with Crippen LogP contribution in [0.15, 0.2) is 23.1 Å². The highest BCUT2D eigenvalue weighted by atomic mass is 32.2. The Hall–Kier alpha value is -2.52. The van der Waals surface area contributed by atoms with Gasteiger partial charge >= 0.3 is 5.97 Å². The van der Waals surface area contributed by atoms with Gasteiger partial charge in [0.05, 0.1) is 16.0 Å². The minimum Gasteiger partial charge on any atom is -0.478 e. The van der Waals surface area contributed by atoms with Crippen molar-refractivity contribution < 1.29 is 23.1 Å². The van der Waals surface area contributed by atoms with Crippen molar-refractivity contribution >= 4 is 32.8 Å². The standard InChI is InChI=1S/C28H37N3O5S/c1-17-6-5-9-23(18(17)2)30-27(32)19-12-14-31(15-13-19)37(35,36)20-10-11-25-22(16-20)26(28(33)34)21-7-3-4-8-24(21)29-25/h10-11,16-19,23H,3-9,12-15H2,1-2H3,(H,30,32)(H,33,34)/t17-,18-,23+/m1/s1. The van der Waals surface area contributed by atoms with Crippen LogP contribution in [0.2, 0.25) is 0 Å². The lowest BCUT2D eigenvalue weighted by Crippen LogP contribution is -2.48. The Balaban J connectivity index is 1.32. The number of carbonyl (C=O) groups is 2. The fourth-order valence-corrected chi connectivity index (χ4v) is 7.90. The molecule has 0 bridgehead atoms. The number of amides is 1. The van der Waals surface area contributed by atoms with Gasteiger partial charge in [0.1, 0.15) is 0 Å². The molecule has 0 unspecified atom stereocenters. The smallest absolute Gasteiger partial charge is 0.336 e. The lowest BCUT2D eigenvalue weighted by atomic mass is 9.78. The second-order valence-electron chi connectivity index (χ2n) is 11.2. The van der Waals surface area contributed by atoms with Gasteiger partial charge in [-0.2, -0.15) is 4.31 Å². The quantitative estimate of drug-likeness (QED) is 0.603. The van der Waals surface area contributed by atoms with Gasteiger partial charge in [0.15, 0.2) is 0 Å². The molecule has 2 aliphatic carbocycles. The minimum atomic E-state index is -3.83. The molecule has 37 heavy (non-hydrogen) atoms. The van der Waals surface area contributed by atoms with Gasteiger partial charge in [0.25, 0.3) is 0 Å². The molecule has 2 N–H and O–H groups in total. The third-order valence-electron chi connectivity index (χ3n) is 8.94. The molecule has 2 aromatic rings. The van der Waals surface area contributed by atoms with Crippen LogP contribution in [0.5, 0.6) is 0 Å². The number of piperidine rings is 1. The monoisotopic (exact) mass is 527 g/mol. The molecule has 8 nitrogen and oxygen atoms in total. The maximum atomic E-state index is 13.5. The van der Waals surface area contributed by atoms with Crippen molar-refractivity contribution in [2.24, 2.45) is 17.8 Å². The zero-order valence-electron chi connectivity index (χ0n) is 21.7. The van der Waals surface area contributed by atoms with Crippen molar-refractivity contribution in [1.82, 2.24) is 14.6 Å². The molecule has 2 fully saturated rings. The van der Waals surface area contributed by atoms with E-state index in [2.05, 4.69) is 24.1 Å². The molecule has 9 heteroatoms. The SMILES string of the molecule is C[C@@H]1[C@H](C)CCC[C@@H]1NC(=O)C1CCN(S(=O)(=O)c2ccc3nc4c(c(C(=O)O)c3c2)CCCC4)CC1. The summed E-state index contributed by atoms with van der Waals surface area (Å²) in [6.07, 6.45) is 7.55. The van der Waals surface area contributed by atoms with Gasteiger partial charge in [0.2, 0.25) is 15.9 Å². The molecule has 1 saturated carbocycles. The van der Waals surface area contributed by atoms with Gasteiger partial charge in [-0.1, -0.05) is 26.7 Å². The molecule has 1 saturated heterocycles. The van der Waals surface area contributed by atoms with Crippen LogP contribution in [0.3, 0.4) is 0 Å². The first kappa shape index (κ1) is 26.1. The van der Waals surface area contributed by atoms with Crippen molar-refractivity contribution in [3.63, 3.8) is 0 Å². The van der Waals surface area contributed by atoms with Gasteiger partial charge in [-0.15, -0.1) is 0 Å². The third-order valence-corrected chi connectivity index (χ3v) is 10.8. The fourth-order valence-electron chi connectivity index (χ4n) is 6.40. The number of hydrogen-bond donors (Lipinski definition) is 2. The zero-order valence-corrected chi connectivity index (χ0v) is 22.5. The Bertz CT molecular complexity index is 1320. The minimum absolute atomic E-state index is 0.0376. The third kappa shape index (κ3) is 5.00. The van der Waals surface area contributed by atoms with E-state index >= 15 is 0 Å². The number of rotatable bonds is 5. The van der Waals surface area contributed by atoms with Crippen LogP contribution >= 0.6 is 0 Å². The predicted octanol–water partition coefficient (Wildman–Crippen LogP) is 4.15. The molecular formula is C28H37N3O5S. The lowest BCUT2D eigenvalue weighted by Gasteiger charge is -2.36. The van der Waals surface area contributed by atoms with Gasteiger partial charge < -0.3 is 10.4 Å². The summed E-state index contributed by atoms with van der Waals surface area (Å²) in [5.41, 5.74) is 2.23. The lowest BCUT2D eigenvalue weighted by molar-refractivity contribution is -0.127. The van der Waals surface area contributed by atoms with Crippen molar-refractivity contribution in [2.75, 3.05) is 13.1 Å². The summed E-state index contributed by atoms with van der Waals surface area (Å²) >= 11 is 0. The normalized spacial score (nSPS) is 25.5. The van der Waals surface area contributed by atoms with Crippen LogP contribution in [0, 0.1) is 17.8 Å². The summed E-state index contributed by atoms with van der Waals surface area (Å²) in [7, 11) is -3.83. The average molecular weight is 528 g/mol. The second-order valence-corrected chi connectivity index (χ2v) is 13.1. The van der Waals surface area contributed by atoms with Crippen molar-refractivity contribution in [3.8, 4) is 0 Å². The number of sulfonamides is 1. The van der Waals surface area contributed by atoms with Gasteiger partial charge in [-0.3, -0.25) is 9.78 Å². The Morgan fingerprint density at radius 2 is 1.76 bits per heavy atom. The number of nitrogens with zero attached hydrogens (tertiary/aromatic N) is 2. The van der Waals surface area contributed by atoms with E-state index in [1.54, 1.807) is 6.07 Å². The van der Waals surface area contributed by atoms with Crippen molar-refractivity contribution in [1.29, 1.82) is 0 Å². The molecule has 3 atom stereocenters. The predicted molar refractivity (Wildman–Crippen MR) is 141 cm³/mol. The summed E-state index contributed by atoms with van der Waals surface area (Å²) in [5.74, 6) is -0.164.